The van der Waals surface area contributed by atoms with Crippen molar-refractivity contribution >= 4 is 6.29 Å². The third-order valence-electron chi connectivity index (χ3n) is 1.04. The summed E-state index contributed by atoms with van der Waals surface area (Å²) < 4.78 is 0.726. The maximum atomic E-state index is 9.80. The van der Waals surface area contributed by atoms with Gasteiger partial charge in [0.15, 0.2) is 6.29 Å². The number of rotatable bonds is 4. The van der Waals surface area contributed by atoms with E-state index >= 15 is 0 Å². The van der Waals surface area contributed by atoms with Gasteiger partial charge in [0.05, 0.1) is 34.4 Å². The highest BCUT2D eigenvalue weighted by molar-refractivity contribution is 5.50. The molecule has 3 N–H and O–H groups in total. The van der Waals surface area contributed by atoms with Crippen LogP contribution in [0.5, 0.6) is 0 Å². The molecule has 0 aliphatic rings. The Labute approximate surface area is 78.8 Å². The number of hydrogen-bond donors (Lipinski definition) is 3. The fourth-order valence-corrected chi connectivity index (χ4v) is 0.281. The van der Waals surface area contributed by atoms with Crippen LogP contribution < -0.4 is 0 Å². The zero-order valence-electron chi connectivity index (χ0n) is 8.47. The summed E-state index contributed by atoms with van der Waals surface area (Å²) in [6, 6.07) is 0. The second kappa shape index (κ2) is 8.12. The zero-order valence-corrected chi connectivity index (χ0v) is 8.47. The van der Waals surface area contributed by atoms with E-state index in [1.807, 2.05) is 21.1 Å². The molecule has 0 radical (unpaired) electrons. The minimum atomic E-state index is -0.954. The lowest BCUT2D eigenvalue weighted by atomic mass is 10.4. The molecule has 0 aliphatic carbocycles. The largest absolute Gasteiger partial charge is 0.394 e. The van der Waals surface area contributed by atoms with Gasteiger partial charge in [-0.2, -0.15) is 0 Å². The first-order chi connectivity index (χ1) is 5.87. The number of carbonyl (C=O) groups is 1. The average Bonchev–Trinajstić information content (AvgIpc) is 2.02. The molecule has 0 aromatic heterocycles. The molecule has 0 spiro atoms. The smallest absolute Gasteiger partial charge is 0.174 e. The first-order valence-electron chi connectivity index (χ1n) is 4.01. The quantitative estimate of drug-likeness (QED) is 0.365. The first-order valence-corrected chi connectivity index (χ1v) is 4.01. The summed E-state index contributed by atoms with van der Waals surface area (Å²) in [5.74, 6) is 0. The van der Waals surface area contributed by atoms with Gasteiger partial charge in [-0.15, -0.1) is 0 Å². The molecule has 0 aromatic rings. The van der Waals surface area contributed by atoms with Crippen LogP contribution >= 0.6 is 0 Å². The molecule has 0 aliphatic heterocycles. The van der Waals surface area contributed by atoms with Crippen LogP contribution in [0.4, 0.5) is 0 Å². The van der Waals surface area contributed by atoms with Crippen molar-refractivity contribution in [2.75, 3.05) is 40.9 Å². The number of likely N-dealkylation sites (N-methyl/N-ethyl adjacent to an activating group) is 1. The molecule has 13 heavy (non-hydrogen) atoms. The molecule has 0 bridgehead atoms. The van der Waals surface area contributed by atoms with E-state index in [0.29, 0.717) is 6.54 Å². The molecule has 0 aromatic carbocycles. The lowest BCUT2D eigenvalue weighted by Gasteiger charge is -2.19. The number of aliphatic hydroxyl groups is 3. The predicted octanol–water partition coefficient (Wildman–Crippen LogP) is -1.78. The summed E-state index contributed by atoms with van der Waals surface area (Å²) in [5, 5.41) is 24.0. The van der Waals surface area contributed by atoms with Crippen molar-refractivity contribution in [2.24, 2.45) is 0 Å². The third-order valence-corrected chi connectivity index (χ3v) is 1.04. The van der Waals surface area contributed by atoms with Gasteiger partial charge in [0.25, 0.3) is 0 Å². The van der Waals surface area contributed by atoms with E-state index in [9.17, 15) is 4.79 Å². The van der Waals surface area contributed by atoms with Crippen LogP contribution in [0, 0.1) is 0 Å². The molecular formula is C8H20NO4+. The van der Waals surface area contributed by atoms with Crippen LogP contribution in [0.2, 0.25) is 0 Å². The molecule has 0 saturated carbocycles. The van der Waals surface area contributed by atoms with Crippen LogP contribution in [0.1, 0.15) is 0 Å². The SMILES string of the molecule is C[N+](C)(C)CC=O.OCC(O)CO. The maximum Gasteiger partial charge on any atom is 0.174 e. The second-order valence-corrected chi connectivity index (χ2v) is 3.66. The van der Waals surface area contributed by atoms with Gasteiger partial charge in [-0.05, 0) is 0 Å². The summed E-state index contributed by atoms with van der Waals surface area (Å²) in [5.41, 5.74) is 0. The highest BCUT2D eigenvalue weighted by Crippen LogP contribution is 1.82. The fraction of sp³-hybridized carbons (Fsp3) is 0.875. The fourth-order valence-electron chi connectivity index (χ4n) is 0.281. The van der Waals surface area contributed by atoms with Crippen molar-refractivity contribution in [3.63, 3.8) is 0 Å². The van der Waals surface area contributed by atoms with E-state index in [-0.39, 0.29) is 13.2 Å². The number of aldehydes is 1. The molecule has 0 unspecified atom stereocenters. The molecule has 0 fully saturated rings. The van der Waals surface area contributed by atoms with E-state index < -0.39 is 6.10 Å². The minimum Gasteiger partial charge on any atom is -0.394 e. The van der Waals surface area contributed by atoms with Gasteiger partial charge in [-0.25, -0.2) is 0 Å². The van der Waals surface area contributed by atoms with E-state index in [2.05, 4.69) is 0 Å². The van der Waals surface area contributed by atoms with Gasteiger partial charge >= 0.3 is 0 Å². The molecule has 5 nitrogen and oxygen atoms in total. The van der Waals surface area contributed by atoms with E-state index in [0.717, 1.165) is 10.8 Å². The van der Waals surface area contributed by atoms with Crippen LogP contribution in [-0.2, 0) is 4.79 Å². The average molecular weight is 194 g/mol. The van der Waals surface area contributed by atoms with Crippen molar-refractivity contribution in [1.29, 1.82) is 0 Å². The third kappa shape index (κ3) is 18.5. The molecule has 80 valence electrons. The van der Waals surface area contributed by atoms with E-state index in [4.69, 9.17) is 15.3 Å². The number of hydrogen-bond acceptors (Lipinski definition) is 4. The number of aliphatic hydroxyl groups excluding tert-OH is 3. The van der Waals surface area contributed by atoms with Gasteiger partial charge in [0, 0.05) is 0 Å². The Morgan fingerprint density at radius 1 is 1.23 bits per heavy atom. The summed E-state index contributed by atoms with van der Waals surface area (Å²) in [7, 11) is 5.94. The maximum absolute atomic E-state index is 9.80. The van der Waals surface area contributed by atoms with E-state index in [1.54, 1.807) is 0 Å². The first kappa shape index (κ1) is 15.0. The minimum absolute atomic E-state index is 0.365. The molecule has 0 rings (SSSR count). The Bertz CT molecular complexity index is 118. The highest BCUT2D eigenvalue weighted by atomic mass is 16.3. The van der Waals surface area contributed by atoms with E-state index in [1.165, 1.54) is 0 Å². The highest BCUT2D eigenvalue weighted by Gasteiger charge is 2.01. The Balaban J connectivity index is 0. The molecule has 0 amide bonds. The number of quaternary nitrogens is 1. The zero-order chi connectivity index (χ0) is 10.9. The van der Waals surface area contributed by atoms with Crippen LogP contribution in [0.25, 0.3) is 0 Å². The van der Waals surface area contributed by atoms with Crippen LogP contribution in [-0.4, -0.2) is 73.1 Å². The Hall–Kier alpha value is -0.490. The summed E-state index contributed by atoms with van der Waals surface area (Å²) in [6.07, 6.45) is -0.0231. The Kier molecular flexibility index (Phi) is 9.38. The summed E-state index contributed by atoms with van der Waals surface area (Å²) in [6.45, 7) is -0.132. The van der Waals surface area contributed by atoms with Gasteiger partial charge in [0.2, 0.25) is 0 Å². The lowest BCUT2D eigenvalue weighted by Crippen LogP contribution is -2.35. The van der Waals surface area contributed by atoms with Crippen molar-refractivity contribution in [2.45, 2.75) is 6.10 Å². The van der Waals surface area contributed by atoms with Crippen LogP contribution in [0.15, 0.2) is 0 Å². The van der Waals surface area contributed by atoms with Crippen molar-refractivity contribution in [1.82, 2.24) is 0 Å². The van der Waals surface area contributed by atoms with Crippen LogP contribution in [0.3, 0.4) is 0 Å². The van der Waals surface area contributed by atoms with Gasteiger partial charge in [-0.3, -0.25) is 4.79 Å². The molecule has 5 heteroatoms. The molecule has 0 heterocycles. The van der Waals surface area contributed by atoms with Crippen molar-refractivity contribution in [3.8, 4) is 0 Å². The Morgan fingerprint density at radius 3 is 1.62 bits per heavy atom. The Morgan fingerprint density at radius 2 is 1.62 bits per heavy atom. The second-order valence-electron chi connectivity index (χ2n) is 3.66. The molecular weight excluding hydrogens is 174 g/mol. The van der Waals surface area contributed by atoms with Crippen molar-refractivity contribution < 1.29 is 24.6 Å². The van der Waals surface area contributed by atoms with Gasteiger partial charge in [0.1, 0.15) is 12.6 Å². The normalized spacial score (nSPS) is 10.7. The topological polar surface area (TPSA) is 77.8 Å². The van der Waals surface area contributed by atoms with Gasteiger partial charge < -0.3 is 19.8 Å². The lowest BCUT2D eigenvalue weighted by molar-refractivity contribution is -0.861. The number of nitrogens with zero attached hydrogens (tertiary/aromatic N) is 1. The predicted molar refractivity (Wildman–Crippen MR) is 49.1 cm³/mol. The molecule has 0 atom stereocenters. The van der Waals surface area contributed by atoms with Gasteiger partial charge in [-0.1, -0.05) is 0 Å². The monoisotopic (exact) mass is 194 g/mol. The summed E-state index contributed by atoms with van der Waals surface area (Å²) in [4.78, 5) is 9.80. The standard InChI is InChI=1S/C5H12NO.C3H8O3/c1-6(2,3)4-5-7;4-1-3(6)2-5/h5H,4H2,1-3H3;3-6H,1-2H2/q+1;. The summed E-state index contributed by atoms with van der Waals surface area (Å²) >= 11 is 0. The molecule has 0 saturated heterocycles. The van der Waals surface area contributed by atoms with Crippen molar-refractivity contribution in [3.05, 3.63) is 0 Å². The number of carbonyl (C=O) groups excluding carboxylic acids is 1.